The van der Waals surface area contributed by atoms with Crippen LogP contribution in [-0.4, -0.2) is 27.8 Å². The normalized spacial score (nSPS) is 18.9. The Morgan fingerprint density at radius 2 is 2.06 bits per heavy atom. The molecule has 1 aromatic rings. The minimum absolute atomic E-state index is 0.116. The lowest BCUT2D eigenvalue weighted by Crippen LogP contribution is -2.24. The maximum Gasteiger partial charge on any atom is 0.126 e. The van der Waals surface area contributed by atoms with E-state index in [0.29, 0.717) is 6.04 Å². The van der Waals surface area contributed by atoms with E-state index in [2.05, 4.69) is 29.9 Å². The quantitative estimate of drug-likeness (QED) is 0.780. The lowest BCUT2D eigenvalue weighted by molar-refractivity contribution is 0.294. The average molecular weight is 218 g/mol. The Labute approximate surface area is 96.5 Å². The molecule has 0 spiro atoms. The zero-order valence-electron chi connectivity index (χ0n) is 9.93. The van der Waals surface area contributed by atoms with E-state index in [9.17, 15) is 5.26 Å². The summed E-state index contributed by atoms with van der Waals surface area (Å²) in [6, 6.07) is 2.62. The van der Waals surface area contributed by atoms with Crippen molar-refractivity contribution >= 4 is 0 Å². The predicted octanol–water partition coefficient (Wildman–Crippen LogP) is 2.12. The molecule has 1 fully saturated rings. The molecule has 0 saturated carbocycles. The van der Waals surface area contributed by atoms with Crippen LogP contribution in [0.1, 0.15) is 44.3 Å². The van der Waals surface area contributed by atoms with Crippen molar-refractivity contribution in [2.75, 3.05) is 13.1 Å². The van der Waals surface area contributed by atoms with Crippen molar-refractivity contribution in [3.8, 4) is 6.07 Å². The lowest BCUT2D eigenvalue weighted by Gasteiger charge is -2.19. The molecular weight excluding hydrogens is 200 g/mol. The Bertz CT molecular complexity index is 382. The first-order valence-electron chi connectivity index (χ1n) is 5.90. The van der Waals surface area contributed by atoms with Crippen LogP contribution >= 0.6 is 0 Å². The van der Waals surface area contributed by atoms with Gasteiger partial charge in [0, 0.05) is 17.8 Å². The summed E-state index contributed by atoms with van der Waals surface area (Å²) < 4.78 is 1.91. The van der Waals surface area contributed by atoms with Crippen molar-refractivity contribution in [2.24, 2.45) is 0 Å². The maximum atomic E-state index is 9.26. The fraction of sp³-hybridized carbons (Fsp3) is 0.667. The summed E-state index contributed by atoms with van der Waals surface area (Å²) in [4.78, 5) is 2.24. The summed E-state index contributed by atoms with van der Waals surface area (Å²) >= 11 is 0. The maximum absolute atomic E-state index is 9.26. The zero-order valence-corrected chi connectivity index (χ0v) is 9.93. The largest absolute Gasteiger partial charge is 0.284 e. The highest BCUT2D eigenvalue weighted by atomic mass is 15.3. The van der Waals surface area contributed by atoms with E-state index in [1.54, 1.807) is 0 Å². The molecule has 0 radical (unpaired) electrons. The summed E-state index contributed by atoms with van der Waals surface area (Å²) in [5, 5.41) is 13.6. The van der Waals surface area contributed by atoms with Crippen molar-refractivity contribution in [3.63, 3.8) is 0 Å². The van der Waals surface area contributed by atoms with Crippen LogP contribution in [0.4, 0.5) is 0 Å². The van der Waals surface area contributed by atoms with Crippen LogP contribution in [-0.2, 0) is 0 Å². The molecule has 0 bridgehead atoms. The van der Waals surface area contributed by atoms with E-state index in [4.69, 9.17) is 0 Å². The molecule has 1 saturated heterocycles. The second kappa shape index (κ2) is 4.67. The molecule has 2 rings (SSSR count). The van der Waals surface area contributed by atoms with Gasteiger partial charge < -0.3 is 0 Å². The molecule has 1 unspecified atom stereocenters. The summed E-state index contributed by atoms with van der Waals surface area (Å²) in [5.41, 5.74) is 1.03. The molecule has 1 aliphatic heterocycles. The highest BCUT2D eigenvalue weighted by Crippen LogP contribution is 2.24. The Morgan fingerprint density at radius 1 is 1.38 bits per heavy atom. The van der Waals surface area contributed by atoms with E-state index < -0.39 is 0 Å². The van der Waals surface area contributed by atoms with Gasteiger partial charge in [0.25, 0.3) is 0 Å². The van der Waals surface area contributed by atoms with E-state index in [0.717, 1.165) is 18.7 Å². The van der Waals surface area contributed by atoms with Gasteiger partial charge in [-0.25, -0.2) is 0 Å². The van der Waals surface area contributed by atoms with E-state index in [-0.39, 0.29) is 6.04 Å². The van der Waals surface area contributed by atoms with Gasteiger partial charge in [-0.1, -0.05) is 0 Å². The molecule has 1 atom stereocenters. The zero-order chi connectivity index (χ0) is 11.5. The molecule has 4 nitrogen and oxygen atoms in total. The number of hydrogen-bond acceptors (Lipinski definition) is 3. The van der Waals surface area contributed by atoms with Gasteiger partial charge in [-0.05, 0) is 39.8 Å². The molecule has 1 aliphatic rings. The van der Waals surface area contributed by atoms with Crippen molar-refractivity contribution in [1.29, 1.82) is 5.26 Å². The van der Waals surface area contributed by atoms with Gasteiger partial charge in [0.05, 0.1) is 12.3 Å². The van der Waals surface area contributed by atoms with Crippen LogP contribution in [0.3, 0.4) is 0 Å². The van der Waals surface area contributed by atoms with E-state index in [1.165, 1.54) is 12.8 Å². The first kappa shape index (κ1) is 11.2. The highest BCUT2D eigenvalue weighted by Gasteiger charge is 2.24. The number of likely N-dealkylation sites (tertiary alicyclic amines) is 1. The van der Waals surface area contributed by atoms with Crippen LogP contribution in [0.25, 0.3) is 0 Å². The first-order valence-corrected chi connectivity index (χ1v) is 5.90. The predicted molar refractivity (Wildman–Crippen MR) is 61.8 cm³/mol. The summed E-state index contributed by atoms with van der Waals surface area (Å²) in [7, 11) is 0. The number of nitriles is 1. The van der Waals surface area contributed by atoms with Crippen LogP contribution in [0.2, 0.25) is 0 Å². The van der Waals surface area contributed by atoms with Gasteiger partial charge >= 0.3 is 0 Å². The minimum atomic E-state index is -0.116. The number of aromatic nitrogens is 2. The average Bonchev–Trinajstić information content (AvgIpc) is 2.88. The van der Waals surface area contributed by atoms with Gasteiger partial charge in [-0.3, -0.25) is 9.58 Å². The molecule has 0 aromatic carbocycles. The van der Waals surface area contributed by atoms with Crippen LogP contribution in [0, 0.1) is 11.3 Å². The first-order chi connectivity index (χ1) is 7.72. The summed E-state index contributed by atoms with van der Waals surface area (Å²) in [6.07, 6.45) is 6.23. The van der Waals surface area contributed by atoms with E-state index >= 15 is 0 Å². The monoisotopic (exact) mass is 218 g/mol. The number of rotatable bonds is 3. The highest BCUT2D eigenvalue weighted by molar-refractivity contribution is 5.18. The van der Waals surface area contributed by atoms with Crippen molar-refractivity contribution in [1.82, 2.24) is 14.7 Å². The Morgan fingerprint density at radius 3 is 2.56 bits per heavy atom. The molecule has 0 amide bonds. The smallest absolute Gasteiger partial charge is 0.126 e. The molecule has 1 aromatic heterocycles. The lowest BCUT2D eigenvalue weighted by atomic mass is 10.1. The standard InChI is InChI=1S/C12H18N4/c1-10(2)16-9-11(8-14-16)12(7-13)15-5-3-4-6-15/h8-10,12H,3-6H2,1-2H3. The molecule has 2 heterocycles. The Kier molecular flexibility index (Phi) is 3.25. The molecule has 0 aliphatic carbocycles. The van der Waals surface area contributed by atoms with Crippen LogP contribution in [0.5, 0.6) is 0 Å². The van der Waals surface area contributed by atoms with E-state index in [1.807, 2.05) is 17.1 Å². The SMILES string of the molecule is CC(C)n1cc(C(C#N)N2CCCC2)cn1. The minimum Gasteiger partial charge on any atom is -0.284 e. The van der Waals surface area contributed by atoms with Crippen molar-refractivity contribution in [3.05, 3.63) is 18.0 Å². The number of nitrogens with zero attached hydrogens (tertiary/aromatic N) is 4. The van der Waals surface area contributed by atoms with Gasteiger partial charge in [0.2, 0.25) is 0 Å². The Balaban J connectivity index is 2.16. The summed E-state index contributed by atoms with van der Waals surface area (Å²) in [5.74, 6) is 0. The second-order valence-corrected chi connectivity index (χ2v) is 4.62. The topological polar surface area (TPSA) is 44.9 Å². The van der Waals surface area contributed by atoms with Gasteiger partial charge in [0.15, 0.2) is 0 Å². The molecule has 4 heteroatoms. The third-order valence-corrected chi connectivity index (χ3v) is 3.09. The molecule has 0 N–H and O–H groups in total. The summed E-state index contributed by atoms with van der Waals surface area (Å²) in [6.45, 7) is 6.25. The Hall–Kier alpha value is -1.34. The molecule has 16 heavy (non-hydrogen) atoms. The van der Waals surface area contributed by atoms with Crippen LogP contribution in [0.15, 0.2) is 12.4 Å². The van der Waals surface area contributed by atoms with Gasteiger partial charge in [-0.15, -0.1) is 0 Å². The molecular formula is C12H18N4. The number of hydrogen-bond donors (Lipinski definition) is 0. The third kappa shape index (κ3) is 2.10. The van der Waals surface area contributed by atoms with Gasteiger partial charge in [0.1, 0.15) is 6.04 Å². The molecule has 86 valence electrons. The third-order valence-electron chi connectivity index (χ3n) is 3.09. The van der Waals surface area contributed by atoms with Crippen molar-refractivity contribution in [2.45, 2.75) is 38.8 Å². The fourth-order valence-electron chi connectivity index (χ4n) is 2.14. The van der Waals surface area contributed by atoms with Crippen molar-refractivity contribution < 1.29 is 0 Å². The fourth-order valence-corrected chi connectivity index (χ4v) is 2.14. The van der Waals surface area contributed by atoms with Crippen LogP contribution < -0.4 is 0 Å². The van der Waals surface area contributed by atoms with Gasteiger partial charge in [-0.2, -0.15) is 10.4 Å². The second-order valence-electron chi connectivity index (χ2n) is 4.62.